The van der Waals surface area contributed by atoms with Crippen molar-refractivity contribution in [2.24, 2.45) is 11.8 Å². The van der Waals surface area contributed by atoms with Crippen LogP contribution in [0.2, 0.25) is 0 Å². The molecule has 4 nitrogen and oxygen atoms in total. The van der Waals surface area contributed by atoms with Crippen LogP contribution in [0.15, 0.2) is 0 Å². The molecule has 1 rings (SSSR count). The van der Waals surface area contributed by atoms with Crippen LogP contribution in [0.5, 0.6) is 0 Å². The maximum Gasteiger partial charge on any atom is 0.230 e. The quantitative estimate of drug-likeness (QED) is 0.777. The molecule has 0 aromatic heterocycles. The highest BCUT2D eigenvalue weighted by atomic mass is 32.2. The molecule has 0 aliphatic carbocycles. The van der Waals surface area contributed by atoms with Crippen molar-refractivity contribution >= 4 is 10.0 Å². The first-order valence-electron chi connectivity index (χ1n) is 6.24. The van der Waals surface area contributed by atoms with E-state index in [2.05, 4.69) is 13.8 Å². The maximum atomic E-state index is 12.4. The molecule has 0 bridgehead atoms. The number of rotatable bonds is 3. The van der Waals surface area contributed by atoms with Crippen LogP contribution in [-0.4, -0.2) is 30.6 Å². The normalized spacial score (nSPS) is 33.0. The van der Waals surface area contributed by atoms with Crippen molar-refractivity contribution < 1.29 is 8.42 Å². The van der Waals surface area contributed by atoms with Gasteiger partial charge >= 0.3 is 0 Å². The molecule has 98 valence electrons. The molecule has 1 aliphatic rings. The minimum absolute atomic E-state index is 0.00130. The Labute approximate surface area is 105 Å². The van der Waals surface area contributed by atoms with Crippen LogP contribution in [0.3, 0.4) is 0 Å². The molecule has 0 radical (unpaired) electrons. The largest absolute Gasteiger partial charge is 0.230 e. The molecule has 0 spiro atoms. The van der Waals surface area contributed by atoms with Crippen LogP contribution >= 0.6 is 0 Å². The highest BCUT2D eigenvalue weighted by Crippen LogP contribution is 2.30. The van der Waals surface area contributed by atoms with Gasteiger partial charge < -0.3 is 0 Å². The highest BCUT2D eigenvalue weighted by Gasteiger charge is 2.39. The summed E-state index contributed by atoms with van der Waals surface area (Å²) in [6.45, 7) is 8.38. The summed E-state index contributed by atoms with van der Waals surface area (Å²) in [5.74, 6) is 0.719. The van der Waals surface area contributed by atoms with E-state index in [1.807, 2.05) is 13.0 Å². The topological polar surface area (TPSA) is 61.2 Å². The minimum atomic E-state index is -3.47. The molecule has 0 aromatic rings. The van der Waals surface area contributed by atoms with Crippen molar-refractivity contribution in [3.8, 4) is 6.07 Å². The van der Waals surface area contributed by atoms with Gasteiger partial charge in [0.05, 0.1) is 6.07 Å². The fraction of sp³-hybridized carbons (Fsp3) is 0.917. The Morgan fingerprint density at radius 3 is 2.47 bits per heavy atom. The van der Waals surface area contributed by atoms with Crippen molar-refractivity contribution in [3.63, 3.8) is 0 Å². The van der Waals surface area contributed by atoms with Gasteiger partial charge in [-0.1, -0.05) is 20.8 Å². The zero-order valence-corrected chi connectivity index (χ0v) is 11.9. The van der Waals surface area contributed by atoms with Crippen LogP contribution in [0.1, 0.15) is 40.5 Å². The summed E-state index contributed by atoms with van der Waals surface area (Å²) in [4.78, 5) is 0. The predicted octanol–water partition coefficient (Wildman–Crippen LogP) is 1.98. The van der Waals surface area contributed by atoms with Gasteiger partial charge in [-0.15, -0.1) is 0 Å². The van der Waals surface area contributed by atoms with Gasteiger partial charge in [0.1, 0.15) is 0 Å². The first-order chi connectivity index (χ1) is 7.84. The molecule has 0 saturated carbocycles. The number of piperidine rings is 1. The Bertz CT molecular complexity index is 399. The van der Waals surface area contributed by atoms with E-state index in [1.54, 1.807) is 11.2 Å². The maximum absolute atomic E-state index is 12.4. The van der Waals surface area contributed by atoms with E-state index in [0.717, 1.165) is 6.42 Å². The Balaban J connectivity index is 3.02. The number of hydrogen-bond donors (Lipinski definition) is 0. The fourth-order valence-electron chi connectivity index (χ4n) is 2.53. The SMILES string of the molecule is CCC(C#N)S(=O)(=O)N1CC(C)CC(C)C1C. The van der Waals surface area contributed by atoms with Gasteiger partial charge in [0, 0.05) is 12.6 Å². The van der Waals surface area contributed by atoms with E-state index in [-0.39, 0.29) is 6.04 Å². The average molecular weight is 258 g/mol. The lowest BCUT2D eigenvalue weighted by Crippen LogP contribution is -2.51. The van der Waals surface area contributed by atoms with Gasteiger partial charge in [-0.05, 0) is 31.6 Å². The third kappa shape index (κ3) is 2.80. The minimum Gasteiger partial charge on any atom is -0.211 e. The molecule has 5 heteroatoms. The molecule has 1 heterocycles. The van der Waals surface area contributed by atoms with E-state index in [1.165, 1.54) is 0 Å². The van der Waals surface area contributed by atoms with Crippen molar-refractivity contribution in [3.05, 3.63) is 0 Å². The van der Waals surface area contributed by atoms with Crippen LogP contribution in [0.4, 0.5) is 0 Å². The van der Waals surface area contributed by atoms with Crippen LogP contribution in [0, 0.1) is 23.2 Å². The van der Waals surface area contributed by atoms with Crippen molar-refractivity contribution in [2.75, 3.05) is 6.54 Å². The van der Waals surface area contributed by atoms with Gasteiger partial charge in [-0.3, -0.25) is 0 Å². The molecule has 1 saturated heterocycles. The number of nitriles is 1. The second-order valence-electron chi connectivity index (χ2n) is 5.20. The van der Waals surface area contributed by atoms with Gasteiger partial charge in [0.2, 0.25) is 10.0 Å². The lowest BCUT2D eigenvalue weighted by atomic mass is 9.88. The second-order valence-corrected chi connectivity index (χ2v) is 7.27. The molecule has 0 aromatic carbocycles. The number of sulfonamides is 1. The molecule has 4 atom stereocenters. The standard InChI is InChI=1S/C12H22N2O2S/c1-5-12(7-13)17(15,16)14-8-9(2)6-10(3)11(14)4/h9-12H,5-6,8H2,1-4H3. The van der Waals surface area contributed by atoms with E-state index in [4.69, 9.17) is 5.26 Å². The van der Waals surface area contributed by atoms with Gasteiger partial charge in [0.25, 0.3) is 0 Å². The zero-order chi connectivity index (χ0) is 13.2. The summed E-state index contributed by atoms with van der Waals surface area (Å²) in [6.07, 6.45) is 1.40. The van der Waals surface area contributed by atoms with E-state index < -0.39 is 15.3 Å². The summed E-state index contributed by atoms with van der Waals surface area (Å²) in [7, 11) is -3.47. The van der Waals surface area contributed by atoms with Crippen LogP contribution < -0.4 is 0 Å². The van der Waals surface area contributed by atoms with Gasteiger partial charge in [0.15, 0.2) is 5.25 Å². The third-order valence-electron chi connectivity index (χ3n) is 3.74. The molecule has 1 fully saturated rings. The molecule has 0 N–H and O–H groups in total. The van der Waals surface area contributed by atoms with Crippen LogP contribution in [-0.2, 0) is 10.0 Å². The van der Waals surface area contributed by atoms with E-state index in [9.17, 15) is 8.42 Å². The number of hydrogen-bond acceptors (Lipinski definition) is 3. The molecular weight excluding hydrogens is 236 g/mol. The second kappa shape index (κ2) is 5.36. The summed E-state index contributed by atoms with van der Waals surface area (Å²) in [5.41, 5.74) is 0. The average Bonchev–Trinajstić information content (AvgIpc) is 2.24. The Morgan fingerprint density at radius 2 is 2.00 bits per heavy atom. The summed E-state index contributed by atoms with van der Waals surface area (Å²) in [6, 6.07) is 1.91. The smallest absolute Gasteiger partial charge is 0.211 e. The first-order valence-corrected chi connectivity index (χ1v) is 7.75. The fourth-order valence-corrected chi connectivity index (χ4v) is 4.55. The van der Waals surface area contributed by atoms with Gasteiger partial charge in [-0.25, -0.2) is 8.42 Å². The van der Waals surface area contributed by atoms with Crippen molar-refractivity contribution in [1.29, 1.82) is 5.26 Å². The Kier molecular flexibility index (Phi) is 4.56. The van der Waals surface area contributed by atoms with Crippen molar-refractivity contribution in [2.45, 2.75) is 51.8 Å². The summed E-state index contributed by atoms with van der Waals surface area (Å²) < 4.78 is 26.3. The summed E-state index contributed by atoms with van der Waals surface area (Å²) >= 11 is 0. The third-order valence-corrected chi connectivity index (χ3v) is 6.04. The van der Waals surface area contributed by atoms with E-state index in [0.29, 0.717) is 24.8 Å². The Hall–Kier alpha value is -0.600. The Morgan fingerprint density at radius 1 is 1.41 bits per heavy atom. The molecule has 17 heavy (non-hydrogen) atoms. The number of nitrogens with zero attached hydrogens (tertiary/aromatic N) is 2. The molecular formula is C12H22N2O2S. The predicted molar refractivity (Wildman–Crippen MR) is 67.7 cm³/mol. The first kappa shape index (κ1) is 14.5. The lowest BCUT2D eigenvalue weighted by Gasteiger charge is -2.40. The zero-order valence-electron chi connectivity index (χ0n) is 11.0. The van der Waals surface area contributed by atoms with Crippen molar-refractivity contribution in [1.82, 2.24) is 4.31 Å². The lowest BCUT2D eigenvalue weighted by molar-refractivity contribution is 0.156. The highest BCUT2D eigenvalue weighted by molar-refractivity contribution is 7.90. The monoisotopic (exact) mass is 258 g/mol. The summed E-state index contributed by atoms with van der Waals surface area (Å²) in [5, 5.41) is 8.05. The molecule has 1 aliphatic heterocycles. The van der Waals surface area contributed by atoms with Crippen LogP contribution in [0.25, 0.3) is 0 Å². The molecule has 0 amide bonds. The van der Waals surface area contributed by atoms with Gasteiger partial charge in [-0.2, -0.15) is 9.57 Å². The molecule has 4 unspecified atom stereocenters. The van der Waals surface area contributed by atoms with E-state index >= 15 is 0 Å².